The molecule has 1 amide bonds. The number of nitrogens with two attached hydrogens (primary N) is 1. The molecule has 0 aliphatic carbocycles. The van der Waals surface area contributed by atoms with E-state index >= 15 is 0 Å². The number of ether oxygens (including phenoxy) is 1. The Bertz CT molecular complexity index is 146. The van der Waals surface area contributed by atoms with Gasteiger partial charge in [0.2, 0.25) is 0 Å². The quantitative estimate of drug-likeness (QED) is 0.690. The minimum absolute atomic E-state index is 0. The van der Waals surface area contributed by atoms with E-state index in [0.29, 0.717) is 19.6 Å². The third kappa shape index (κ3) is 11.5. The molecule has 0 saturated heterocycles. The zero-order chi connectivity index (χ0) is 9.61. The predicted molar refractivity (Wildman–Crippen MR) is 55.2 cm³/mol. The van der Waals surface area contributed by atoms with Gasteiger partial charge in [0.05, 0.1) is 6.61 Å². The van der Waals surface area contributed by atoms with Gasteiger partial charge in [-0.2, -0.15) is 0 Å². The van der Waals surface area contributed by atoms with Crippen molar-refractivity contribution in [1.82, 2.24) is 5.32 Å². The van der Waals surface area contributed by atoms with Crippen LogP contribution < -0.4 is 11.1 Å². The van der Waals surface area contributed by atoms with E-state index in [2.05, 4.69) is 5.32 Å². The van der Waals surface area contributed by atoms with E-state index in [1.54, 1.807) is 0 Å². The summed E-state index contributed by atoms with van der Waals surface area (Å²) >= 11 is 0. The Hall–Kier alpha value is -0.480. The van der Waals surface area contributed by atoms with E-state index < -0.39 is 0 Å². The molecule has 0 fully saturated rings. The number of alkyl carbamates (subject to hydrolysis) is 1. The van der Waals surface area contributed by atoms with E-state index in [1.165, 1.54) is 0 Å². The second-order valence-corrected chi connectivity index (χ2v) is 3.65. The zero-order valence-corrected chi connectivity index (χ0v) is 9.24. The largest absolute Gasteiger partial charge is 0.450 e. The molecule has 0 aromatic carbocycles. The molecule has 0 radical (unpaired) electrons. The highest BCUT2D eigenvalue weighted by Crippen LogP contribution is 1.98. The maximum atomic E-state index is 11.0. The standard InChI is InChI=1S/C8H18N2O2.ClH/c1-8(2,3)10-7(11)12-6-4-5-9;/h4-6,9H2,1-3H3,(H,10,11);1H. The average Bonchev–Trinajstić information content (AvgIpc) is 1.84. The summed E-state index contributed by atoms with van der Waals surface area (Å²) in [7, 11) is 0. The lowest BCUT2D eigenvalue weighted by molar-refractivity contribution is 0.137. The number of nitrogens with one attached hydrogen (secondary N) is 1. The van der Waals surface area contributed by atoms with Crippen molar-refractivity contribution in [3.63, 3.8) is 0 Å². The first-order chi connectivity index (χ1) is 5.45. The first-order valence-electron chi connectivity index (χ1n) is 4.11. The van der Waals surface area contributed by atoms with Gasteiger partial charge in [0, 0.05) is 5.54 Å². The summed E-state index contributed by atoms with van der Waals surface area (Å²) in [6.07, 6.45) is 0.327. The van der Waals surface area contributed by atoms with Crippen LogP contribution in [0.4, 0.5) is 4.79 Å². The molecular formula is C8H19ClN2O2. The molecule has 0 aromatic heterocycles. The fraction of sp³-hybridized carbons (Fsp3) is 0.875. The molecule has 0 spiro atoms. The normalized spacial score (nSPS) is 10.2. The predicted octanol–water partition coefficient (Wildman–Crippen LogP) is 1.28. The third-order valence-corrected chi connectivity index (χ3v) is 1.06. The van der Waals surface area contributed by atoms with Crippen molar-refractivity contribution in [2.45, 2.75) is 32.7 Å². The summed E-state index contributed by atoms with van der Waals surface area (Å²) < 4.78 is 4.83. The van der Waals surface area contributed by atoms with Crippen LogP contribution in [0.3, 0.4) is 0 Å². The molecule has 0 unspecified atom stereocenters. The third-order valence-electron chi connectivity index (χ3n) is 1.06. The van der Waals surface area contributed by atoms with Crippen molar-refractivity contribution in [1.29, 1.82) is 0 Å². The number of halogens is 1. The number of hydrogen-bond donors (Lipinski definition) is 2. The van der Waals surface area contributed by atoms with E-state index in [1.807, 2.05) is 20.8 Å². The first kappa shape index (κ1) is 15.0. The fourth-order valence-electron chi connectivity index (χ4n) is 0.590. The van der Waals surface area contributed by atoms with E-state index in [4.69, 9.17) is 10.5 Å². The van der Waals surface area contributed by atoms with Crippen LogP contribution in [-0.2, 0) is 4.74 Å². The summed E-state index contributed by atoms with van der Waals surface area (Å²) in [5, 5.41) is 2.68. The van der Waals surface area contributed by atoms with Crippen molar-refractivity contribution in [2.24, 2.45) is 5.73 Å². The summed E-state index contributed by atoms with van der Waals surface area (Å²) in [5.41, 5.74) is 4.99. The lowest BCUT2D eigenvalue weighted by atomic mass is 10.1. The van der Waals surface area contributed by atoms with Gasteiger partial charge in [0.25, 0.3) is 0 Å². The van der Waals surface area contributed by atoms with E-state index in [0.717, 1.165) is 0 Å². The highest BCUT2D eigenvalue weighted by atomic mass is 35.5. The van der Waals surface area contributed by atoms with Crippen molar-refractivity contribution >= 4 is 18.5 Å². The van der Waals surface area contributed by atoms with Crippen LogP contribution >= 0.6 is 12.4 Å². The topological polar surface area (TPSA) is 64.3 Å². The van der Waals surface area contributed by atoms with Gasteiger partial charge in [-0.15, -0.1) is 12.4 Å². The van der Waals surface area contributed by atoms with Crippen LogP contribution in [0, 0.1) is 0 Å². The van der Waals surface area contributed by atoms with Gasteiger partial charge in [0.15, 0.2) is 0 Å². The Labute approximate surface area is 85.6 Å². The van der Waals surface area contributed by atoms with Crippen LogP contribution in [0.5, 0.6) is 0 Å². The van der Waals surface area contributed by atoms with Crippen molar-refractivity contribution in [2.75, 3.05) is 13.2 Å². The monoisotopic (exact) mass is 210 g/mol. The summed E-state index contributed by atoms with van der Waals surface area (Å²) in [6.45, 7) is 6.63. The number of amides is 1. The molecule has 4 nitrogen and oxygen atoms in total. The van der Waals surface area contributed by atoms with Crippen LogP contribution in [0.1, 0.15) is 27.2 Å². The lowest BCUT2D eigenvalue weighted by Crippen LogP contribution is -2.41. The van der Waals surface area contributed by atoms with Crippen LogP contribution in [-0.4, -0.2) is 24.8 Å². The Morgan fingerprint density at radius 2 is 2.00 bits per heavy atom. The number of carbonyl (C=O) groups excluding carboxylic acids is 1. The van der Waals surface area contributed by atoms with Crippen LogP contribution in [0.2, 0.25) is 0 Å². The van der Waals surface area contributed by atoms with E-state index in [-0.39, 0.29) is 24.0 Å². The molecule has 13 heavy (non-hydrogen) atoms. The smallest absolute Gasteiger partial charge is 0.407 e. The van der Waals surface area contributed by atoms with Gasteiger partial charge >= 0.3 is 6.09 Å². The molecule has 0 heterocycles. The molecule has 80 valence electrons. The number of rotatable bonds is 3. The summed E-state index contributed by atoms with van der Waals surface area (Å²) in [5.74, 6) is 0. The maximum absolute atomic E-state index is 11.0. The maximum Gasteiger partial charge on any atom is 0.407 e. The molecule has 0 rings (SSSR count). The van der Waals surface area contributed by atoms with Gasteiger partial charge in [-0.25, -0.2) is 4.79 Å². The molecular weight excluding hydrogens is 192 g/mol. The fourth-order valence-corrected chi connectivity index (χ4v) is 0.590. The molecule has 0 aliphatic heterocycles. The van der Waals surface area contributed by atoms with Gasteiger partial charge in [0.1, 0.15) is 0 Å². The Morgan fingerprint density at radius 1 is 1.46 bits per heavy atom. The van der Waals surface area contributed by atoms with Crippen molar-refractivity contribution < 1.29 is 9.53 Å². The molecule has 0 aromatic rings. The Morgan fingerprint density at radius 3 is 2.38 bits per heavy atom. The second-order valence-electron chi connectivity index (χ2n) is 3.65. The van der Waals surface area contributed by atoms with Gasteiger partial charge in [-0.3, -0.25) is 0 Å². The number of carbonyl (C=O) groups is 1. The van der Waals surface area contributed by atoms with Crippen molar-refractivity contribution in [3.05, 3.63) is 0 Å². The Kier molecular flexibility index (Phi) is 8.05. The SMILES string of the molecule is CC(C)(C)NC(=O)OCCCN.Cl. The minimum Gasteiger partial charge on any atom is -0.450 e. The molecule has 5 heteroatoms. The zero-order valence-electron chi connectivity index (χ0n) is 8.42. The highest BCUT2D eigenvalue weighted by molar-refractivity contribution is 5.85. The molecule has 0 saturated carbocycles. The van der Waals surface area contributed by atoms with Crippen LogP contribution in [0.25, 0.3) is 0 Å². The number of hydrogen-bond acceptors (Lipinski definition) is 3. The van der Waals surface area contributed by atoms with Gasteiger partial charge in [-0.05, 0) is 33.7 Å². The molecule has 3 N–H and O–H groups in total. The molecule has 0 bridgehead atoms. The molecule has 0 atom stereocenters. The highest BCUT2D eigenvalue weighted by Gasteiger charge is 2.13. The first-order valence-corrected chi connectivity index (χ1v) is 4.11. The van der Waals surface area contributed by atoms with Crippen molar-refractivity contribution in [3.8, 4) is 0 Å². The lowest BCUT2D eigenvalue weighted by Gasteiger charge is -2.19. The second kappa shape index (κ2) is 6.97. The van der Waals surface area contributed by atoms with E-state index in [9.17, 15) is 4.79 Å². The Balaban J connectivity index is 0. The minimum atomic E-state index is -0.379. The molecule has 0 aliphatic rings. The average molecular weight is 211 g/mol. The van der Waals surface area contributed by atoms with Gasteiger partial charge < -0.3 is 15.8 Å². The van der Waals surface area contributed by atoms with Gasteiger partial charge in [-0.1, -0.05) is 0 Å². The summed E-state index contributed by atoms with van der Waals surface area (Å²) in [6, 6.07) is 0. The summed E-state index contributed by atoms with van der Waals surface area (Å²) in [4.78, 5) is 11.0. The van der Waals surface area contributed by atoms with Crippen LogP contribution in [0.15, 0.2) is 0 Å².